The molecule has 0 amide bonds. The Labute approximate surface area is 79.5 Å². The molecule has 72 valence electrons. The first-order chi connectivity index (χ1) is 5.95. The molecule has 1 aromatic rings. The van der Waals surface area contributed by atoms with Gasteiger partial charge in [0.2, 0.25) is 0 Å². The van der Waals surface area contributed by atoms with Crippen LogP contribution in [0.2, 0.25) is 0 Å². The molecule has 1 rings (SSSR count). The lowest BCUT2D eigenvalue weighted by Crippen LogP contribution is -2.00. The predicted octanol–water partition coefficient (Wildman–Crippen LogP) is 1.96. The third kappa shape index (κ3) is 2.31. The largest absolute Gasteiger partial charge is 0.224 e. The predicted molar refractivity (Wildman–Crippen MR) is 53.7 cm³/mol. The molecule has 0 saturated heterocycles. The summed E-state index contributed by atoms with van der Waals surface area (Å²) in [4.78, 5) is 0.451. The topological polar surface area (TPSA) is 34.1 Å². The van der Waals surface area contributed by atoms with E-state index in [1.54, 1.807) is 6.07 Å². The van der Waals surface area contributed by atoms with Crippen LogP contribution in [0.5, 0.6) is 0 Å². The van der Waals surface area contributed by atoms with Crippen molar-refractivity contribution in [1.29, 1.82) is 0 Å². The van der Waals surface area contributed by atoms with Crippen LogP contribution in [-0.2, 0) is 16.3 Å². The van der Waals surface area contributed by atoms with Gasteiger partial charge < -0.3 is 0 Å². The molecule has 0 unspecified atom stereocenters. The maximum absolute atomic E-state index is 11.3. The van der Waals surface area contributed by atoms with Gasteiger partial charge in [-0.15, -0.1) is 0 Å². The van der Waals surface area contributed by atoms with Crippen LogP contribution in [0.3, 0.4) is 0 Å². The monoisotopic (exact) mass is 198 g/mol. The molecule has 0 radical (unpaired) electrons. The Kier molecular flexibility index (Phi) is 2.76. The van der Waals surface area contributed by atoms with Gasteiger partial charge in [0.25, 0.3) is 0 Å². The van der Waals surface area contributed by atoms with Gasteiger partial charge in [0.15, 0.2) is 9.84 Å². The summed E-state index contributed by atoms with van der Waals surface area (Å²) >= 11 is 0. The highest BCUT2D eigenvalue weighted by atomic mass is 32.2. The Morgan fingerprint density at radius 3 is 2.38 bits per heavy atom. The number of benzene rings is 1. The fourth-order valence-electron chi connectivity index (χ4n) is 1.26. The van der Waals surface area contributed by atoms with E-state index in [-0.39, 0.29) is 0 Å². The number of hydrogen-bond acceptors (Lipinski definition) is 2. The third-order valence-electron chi connectivity index (χ3n) is 2.06. The minimum Gasteiger partial charge on any atom is -0.224 e. The lowest BCUT2D eigenvalue weighted by molar-refractivity contribution is 0.601. The molecule has 13 heavy (non-hydrogen) atoms. The van der Waals surface area contributed by atoms with E-state index in [1.165, 1.54) is 6.26 Å². The molecular formula is C10H14O2S. The van der Waals surface area contributed by atoms with Gasteiger partial charge in [-0.3, -0.25) is 0 Å². The summed E-state index contributed by atoms with van der Waals surface area (Å²) in [7, 11) is -3.07. The van der Waals surface area contributed by atoms with E-state index in [9.17, 15) is 8.42 Å². The average molecular weight is 198 g/mol. The standard InChI is InChI=1S/C10H14O2S/c1-4-9-6-5-8(2)10(7-9)13(3,11)12/h5-7H,4H2,1-3H3. The van der Waals surface area contributed by atoms with Crippen molar-refractivity contribution >= 4 is 9.84 Å². The first kappa shape index (κ1) is 10.3. The van der Waals surface area contributed by atoms with Crippen LogP contribution < -0.4 is 0 Å². The summed E-state index contributed by atoms with van der Waals surface area (Å²) < 4.78 is 22.6. The molecule has 0 N–H and O–H groups in total. The molecule has 0 aliphatic carbocycles. The van der Waals surface area contributed by atoms with Crippen LogP contribution in [0.15, 0.2) is 23.1 Å². The zero-order valence-electron chi connectivity index (χ0n) is 8.16. The Balaban J connectivity index is 3.36. The number of aryl methyl sites for hydroxylation is 2. The van der Waals surface area contributed by atoms with E-state index >= 15 is 0 Å². The van der Waals surface area contributed by atoms with Gasteiger partial charge in [-0.05, 0) is 30.5 Å². The maximum Gasteiger partial charge on any atom is 0.175 e. The summed E-state index contributed by atoms with van der Waals surface area (Å²) in [5, 5.41) is 0. The fraction of sp³-hybridized carbons (Fsp3) is 0.400. The van der Waals surface area contributed by atoms with Gasteiger partial charge in [-0.25, -0.2) is 8.42 Å². The summed E-state index contributed by atoms with van der Waals surface area (Å²) in [5.74, 6) is 0. The van der Waals surface area contributed by atoms with Gasteiger partial charge in [0.1, 0.15) is 0 Å². The Hall–Kier alpha value is -0.830. The van der Waals surface area contributed by atoms with E-state index in [1.807, 2.05) is 26.0 Å². The first-order valence-corrected chi connectivity index (χ1v) is 6.14. The molecule has 2 nitrogen and oxygen atoms in total. The smallest absolute Gasteiger partial charge is 0.175 e. The molecular weight excluding hydrogens is 184 g/mol. The molecule has 0 aromatic heterocycles. The van der Waals surface area contributed by atoms with Crippen molar-refractivity contribution in [3.8, 4) is 0 Å². The van der Waals surface area contributed by atoms with Crippen molar-refractivity contribution in [2.75, 3.05) is 6.26 Å². The van der Waals surface area contributed by atoms with Crippen LogP contribution in [0.4, 0.5) is 0 Å². The Bertz CT molecular complexity index is 405. The van der Waals surface area contributed by atoms with Crippen molar-refractivity contribution in [1.82, 2.24) is 0 Å². The summed E-state index contributed by atoms with van der Waals surface area (Å²) in [5.41, 5.74) is 1.88. The van der Waals surface area contributed by atoms with Crippen molar-refractivity contribution < 1.29 is 8.42 Å². The SMILES string of the molecule is CCc1ccc(C)c(S(C)(=O)=O)c1. The fourth-order valence-corrected chi connectivity index (χ4v) is 2.28. The zero-order chi connectivity index (χ0) is 10.1. The first-order valence-electron chi connectivity index (χ1n) is 4.24. The highest BCUT2D eigenvalue weighted by molar-refractivity contribution is 7.90. The van der Waals surface area contributed by atoms with Crippen LogP contribution in [-0.4, -0.2) is 14.7 Å². The zero-order valence-corrected chi connectivity index (χ0v) is 8.98. The second-order valence-electron chi connectivity index (χ2n) is 3.23. The van der Waals surface area contributed by atoms with Gasteiger partial charge in [-0.1, -0.05) is 19.1 Å². The lowest BCUT2D eigenvalue weighted by Gasteiger charge is -2.05. The molecule has 0 fully saturated rings. The molecule has 0 bridgehead atoms. The normalized spacial score (nSPS) is 11.6. The van der Waals surface area contributed by atoms with E-state index in [4.69, 9.17) is 0 Å². The molecule has 0 spiro atoms. The summed E-state index contributed by atoms with van der Waals surface area (Å²) in [6.07, 6.45) is 2.11. The Morgan fingerprint density at radius 1 is 1.31 bits per heavy atom. The third-order valence-corrected chi connectivity index (χ3v) is 3.30. The maximum atomic E-state index is 11.3. The van der Waals surface area contributed by atoms with Crippen molar-refractivity contribution in [2.45, 2.75) is 25.2 Å². The van der Waals surface area contributed by atoms with E-state index in [2.05, 4.69) is 0 Å². The van der Waals surface area contributed by atoms with Gasteiger partial charge in [0.05, 0.1) is 4.90 Å². The molecule has 0 saturated carbocycles. The Morgan fingerprint density at radius 2 is 1.92 bits per heavy atom. The quantitative estimate of drug-likeness (QED) is 0.728. The highest BCUT2D eigenvalue weighted by Crippen LogP contribution is 2.16. The molecule has 0 aliphatic rings. The summed E-state index contributed by atoms with van der Waals surface area (Å²) in [6, 6.07) is 5.57. The number of rotatable bonds is 2. The number of hydrogen-bond donors (Lipinski definition) is 0. The van der Waals surface area contributed by atoms with Crippen LogP contribution in [0.1, 0.15) is 18.1 Å². The number of sulfone groups is 1. The molecule has 3 heteroatoms. The second kappa shape index (κ2) is 3.50. The molecule has 0 atom stereocenters. The van der Waals surface area contributed by atoms with Crippen molar-refractivity contribution in [3.63, 3.8) is 0 Å². The lowest BCUT2D eigenvalue weighted by atomic mass is 10.1. The minimum atomic E-state index is -3.07. The average Bonchev–Trinajstić information content (AvgIpc) is 2.03. The second-order valence-corrected chi connectivity index (χ2v) is 5.21. The van der Waals surface area contributed by atoms with Gasteiger partial charge in [0, 0.05) is 6.26 Å². The minimum absolute atomic E-state index is 0.451. The summed E-state index contributed by atoms with van der Waals surface area (Å²) in [6.45, 7) is 3.83. The van der Waals surface area contributed by atoms with Crippen LogP contribution >= 0.6 is 0 Å². The van der Waals surface area contributed by atoms with E-state index in [0.717, 1.165) is 17.5 Å². The van der Waals surface area contributed by atoms with E-state index < -0.39 is 9.84 Å². The van der Waals surface area contributed by atoms with Crippen molar-refractivity contribution in [2.24, 2.45) is 0 Å². The van der Waals surface area contributed by atoms with Crippen LogP contribution in [0, 0.1) is 6.92 Å². The van der Waals surface area contributed by atoms with Crippen LogP contribution in [0.25, 0.3) is 0 Å². The van der Waals surface area contributed by atoms with Crippen molar-refractivity contribution in [3.05, 3.63) is 29.3 Å². The molecule has 1 aromatic carbocycles. The highest BCUT2D eigenvalue weighted by Gasteiger charge is 2.10. The van der Waals surface area contributed by atoms with E-state index in [0.29, 0.717) is 4.90 Å². The molecule has 0 aliphatic heterocycles. The molecule has 0 heterocycles. The van der Waals surface area contributed by atoms with Gasteiger partial charge >= 0.3 is 0 Å². The van der Waals surface area contributed by atoms with Gasteiger partial charge in [-0.2, -0.15) is 0 Å².